The lowest BCUT2D eigenvalue weighted by atomic mass is 9.76. The van der Waals surface area contributed by atoms with Crippen molar-refractivity contribution in [2.45, 2.75) is 163 Å². The third-order valence-corrected chi connectivity index (χ3v) is 8.77. The number of nitro groups is 2. The number of hydrogen-bond acceptors (Lipinski definition) is 10. The first kappa shape index (κ1) is 42.2. The number of unbranched alkanes of at least 4 members (excludes halogenated alkanes) is 12. The van der Waals surface area contributed by atoms with Gasteiger partial charge in [-0.25, -0.2) is 9.59 Å². The van der Waals surface area contributed by atoms with Crippen LogP contribution in [0.3, 0.4) is 0 Å². The first-order valence-electron chi connectivity index (χ1n) is 18.5. The van der Waals surface area contributed by atoms with E-state index >= 15 is 0 Å². The monoisotopic (exact) mass is 701 g/mol. The molecule has 0 unspecified atom stereocenters. The number of carbonyl (C=O) groups is 2. The highest BCUT2D eigenvalue weighted by molar-refractivity contribution is 6.00. The van der Waals surface area contributed by atoms with E-state index in [2.05, 4.69) is 12.2 Å². The topological polar surface area (TPSA) is 160 Å². The van der Waals surface area contributed by atoms with Crippen LogP contribution < -0.4 is 10.1 Å². The van der Waals surface area contributed by atoms with E-state index < -0.39 is 51.3 Å². The number of dihydropyridines is 1. The maximum absolute atomic E-state index is 13.8. The lowest BCUT2D eigenvalue weighted by molar-refractivity contribution is -0.395. The Labute approximate surface area is 297 Å². The van der Waals surface area contributed by atoms with Crippen molar-refractivity contribution in [3.05, 3.63) is 60.0 Å². The van der Waals surface area contributed by atoms with Crippen molar-refractivity contribution in [2.75, 3.05) is 6.61 Å². The molecule has 50 heavy (non-hydrogen) atoms. The molecule has 12 heteroatoms. The zero-order valence-corrected chi connectivity index (χ0v) is 31.5. The number of nitrogens with one attached hydrogen (secondary N) is 1. The molecule has 1 aliphatic heterocycles. The molecule has 1 N–H and O–H groups in total. The minimum absolute atomic E-state index is 0.00219. The largest absolute Gasteiger partial charge is 0.487 e. The van der Waals surface area contributed by atoms with Gasteiger partial charge in [0.05, 0.1) is 51.8 Å². The molecule has 2 rings (SSSR count). The van der Waals surface area contributed by atoms with Gasteiger partial charge in [-0.05, 0) is 61.3 Å². The predicted octanol–water partition coefficient (Wildman–Crippen LogP) is 9.67. The molecule has 0 saturated heterocycles. The Hall–Kier alpha value is -3.96. The molecule has 0 amide bonds. The lowest BCUT2D eigenvalue weighted by Gasteiger charge is -2.33. The highest BCUT2D eigenvalue weighted by Crippen LogP contribution is 2.50. The Morgan fingerprint density at radius 3 is 1.52 bits per heavy atom. The van der Waals surface area contributed by atoms with Crippen LogP contribution in [0.4, 0.5) is 11.4 Å². The highest BCUT2D eigenvalue weighted by Gasteiger charge is 2.44. The molecule has 0 bridgehead atoms. The van der Waals surface area contributed by atoms with Gasteiger partial charge in [0, 0.05) is 22.5 Å². The Morgan fingerprint density at radius 2 is 1.14 bits per heavy atom. The smallest absolute Gasteiger partial charge is 0.337 e. The molecular formula is C38H59N3O9. The molecule has 0 fully saturated rings. The summed E-state index contributed by atoms with van der Waals surface area (Å²) in [6.45, 7) is 13.9. The molecule has 0 spiro atoms. The van der Waals surface area contributed by atoms with Gasteiger partial charge in [0.15, 0.2) is 0 Å². The van der Waals surface area contributed by atoms with E-state index in [4.69, 9.17) is 14.2 Å². The summed E-state index contributed by atoms with van der Waals surface area (Å²) < 4.78 is 17.2. The normalized spacial score (nSPS) is 13.6. The number of rotatable bonds is 23. The van der Waals surface area contributed by atoms with Crippen LogP contribution in [0.5, 0.6) is 5.75 Å². The number of ether oxygens (including phenoxy) is 3. The highest BCUT2D eigenvalue weighted by atomic mass is 16.6. The van der Waals surface area contributed by atoms with Gasteiger partial charge >= 0.3 is 17.6 Å². The third-order valence-electron chi connectivity index (χ3n) is 8.77. The van der Waals surface area contributed by atoms with Crippen LogP contribution in [-0.4, -0.2) is 40.6 Å². The van der Waals surface area contributed by atoms with Crippen molar-refractivity contribution in [2.24, 2.45) is 0 Å². The summed E-state index contributed by atoms with van der Waals surface area (Å²) in [4.78, 5) is 51.3. The van der Waals surface area contributed by atoms with Crippen molar-refractivity contribution >= 4 is 23.3 Å². The van der Waals surface area contributed by atoms with E-state index in [1.807, 2.05) is 0 Å². The van der Waals surface area contributed by atoms with E-state index in [9.17, 15) is 29.8 Å². The average molecular weight is 702 g/mol. The molecule has 12 nitrogen and oxygen atoms in total. The van der Waals surface area contributed by atoms with E-state index in [-0.39, 0.29) is 41.1 Å². The zero-order chi connectivity index (χ0) is 37.4. The second-order valence-electron chi connectivity index (χ2n) is 13.6. The first-order chi connectivity index (χ1) is 23.8. The molecule has 0 atom stereocenters. The number of hydrogen-bond donors (Lipinski definition) is 1. The van der Waals surface area contributed by atoms with Crippen LogP contribution in [0.25, 0.3) is 0 Å². The molecule has 0 radical (unpaired) electrons. The number of esters is 2. The second kappa shape index (κ2) is 21.3. The molecule has 0 aliphatic carbocycles. The number of nitrogens with zero attached hydrogens (tertiary/aromatic N) is 2. The average Bonchev–Trinajstić information content (AvgIpc) is 3.01. The quantitative estimate of drug-likeness (QED) is 0.0503. The van der Waals surface area contributed by atoms with E-state index in [1.165, 1.54) is 51.4 Å². The maximum Gasteiger partial charge on any atom is 0.337 e. The van der Waals surface area contributed by atoms with Crippen molar-refractivity contribution < 1.29 is 33.6 Å². The standard InChI is InChI=1S/C38H59N3O9/c1-9-11-12-13-14-15-16-17-18-19-20-21-22-23-29-30(40(44)45)24-31(41(46)47)36(48-10-2)34(29)35-32(37(42)49-25(3)4)27(7)39-28(8)33(35)38(43)50-26(5)6/h24-26,35,39H,9-23H2,1-8H3. The van der Waals surface area contributed by atoms with E-state index in [0.717, 1.165) is 31.7 Å². The Morgan fingerprint density at radius 1 is 0.720 bits per heavy atom. The molecule has 0 aromatic heterocycles. The first-order valence-corrected chi connectivity index (χ1v) is 18.5. The predicted molar refractivity (Wildman–Crippen MR) is 194 cm³/mol. The van der Waals surface area contributed by atoms with Gasteiger partial charge < -0.3 is 19.5 Å². The van der Waals surface area contributed by atoms with Crippen molar-refractivity contribution in [3.8, 4) is 5.75 Å². The fourth-order valence-electron chi connectivity index (χ4n) is 6.56. The fraction of sp³-hybridized carbons (Fsp3) is 0.684. The summed E-state index contributed by atoms with van der Waals surface area (Å²) >= 11 is 0. The van der Waals surface area contributed by atoms with Gasteiger partial charge in [-0.3, -0.25) is 20.2 Å². The second-order valence-corrected chi connectivity index (χ2v) is 13.6. The summed E-state index contributed by atoms with van der Waals surface area (Å²) in [6, 6.07) is 0.929. The molecule has 1 aromatic rings. The Kier molecular flexibility index (Phi) is 18.0. The minimum Gasteiger partial charge on any atom is -0.487 e. The number of benzene rings is 1. The lowest BCUT2D eigenvalue weighted by Crippen LogP contribution is -2.34. The van der Waals surface area contributed by atoms with Gasteiger partial charge in [-0.2, -0.15) is 0 Å². The van der Waals surface area contributed by atoms with Crippen LogP contribution in [0.2, 0.25) is 0 Å². The number of carbonyl (C=O) groups excluding carboxylic acids is 2. The van der Waals surface area contributed by atoms with Gasteiger partial charge in [0.1, 0.15) is 0 Å². The minimum atomic E-state index is -1.30. The van der Waals surface area contributed by atoms with Crippen molar-refractivity contribution in [1.29, 1.82) is 0 Å². The van der Waals surface area contributed by atoms with Crippen molar-refractivity contribution in [1.82, 2.24) is 5.32 Å². The number of allylic oxidation sites excluding steroid dienone is 2. The zero-order valence-electron chi connectivity index (χ0n) is 31.5. The molecule has 0 saturated carbocycles. The number of nitro benzene ring substituents is 2. The van der Waals surface area contributed by atoms with E-state index in [0.29, 0.717) is 17.8 Å². The van der Waals surface area contributed by atoms with E-state index in [1.54, 1.807) is 48.5 Å². The molecule has 1 aliphatic rings. The van der Waals surface area contributed by atoms with Crippen LogP contribution in [-0.2, 0) is 25.5 Å². The van der Waals surface area contributed by atoms with Crippen LogP contribution >= 0.6 is 0 Å². The van der Waals surface area contributed by atoms with Crippen LogP contribution in [0.1, 0.15) is 156 Å². The van der Waals surface area contributed by atoms with Gasteiger partial charge in [-0.15, -0.1) is 0 Å². The SMILES string of the molecule is CCCCCCCCCCCCCCCc1c([N+](=O)[O-])cc([N+](=O)[O-])c(OCC)c1C1C(C(=O)OC(C)C)=C(C)NC(C)=C1C(=O)OC(C)C. The summed E-state index contributed by atoms with van der Waals surface area (Å²) in [7, 11) is 0. The Balaban J connectivity index is 2.60. The molecule has 1 heterocycles. The Bertz CT molecular complexity index is 1350. The van der Waals surface area contributed by atoms with Crippen LogP contribution in [0, 0.1) is 20.2 Å². The summed E-state index contributed by atoms with van der Waals surface area (Å²) in [5.41, 5.74) is -0.154. The summed E-state index contributed by atoms with van der Waals surface area (Å²) in [6.07, 6.45) is 13.7. The van der Waals surface area contributed by atoms with Gasteiger partial charge in [-0.1, -0.05) is 84.0 Å². The van der Waals surface area contributed by atoms with Crippen molar-refractivity contribution in [3.63, 3.8) is 0 Å². The third kappa shape index (κ3) is 12.1. The van der Waals surface area contributed by atoms with Crippen LogP contribution in [0.15, 0.2) is 28.6 Å². The summed E-state index contributed by atoms with van der Waals surface area (Å²) in [5.74, 6) is -3.04. The van der Waals surface area contributed by atoms with Gasteiger partial charge in [0.2, 0.25) is 5.75 Å². The molecular weight excluding hydrogens is 642 g/mol. The fourth-order valence-corrected chi connectivity index (χ4v) is 6.56. The molecule has 1 aromatic carbocycles. The maximum atomic E-state index is 13.8. The van der Waals surface area contributed by atoms with Gasteiger partial charge in [0.25, 0.3) is 5.69 Å². The molecule has 280 valence electrons. The summed E-state index contributed by atoms with van der Waals surface area (Å²) in [5, 5.41) is 28.1.